The molecule has 4 nitrogen and oxygen atoms in total. The number of anilines is 1. The Hall–Kier alpha value is -0.973. The van der Waals surface area contributed by atoms with Gasteiger partial charge in [-0.2, -0.15) is 18.2 Å². The van der Waals surface area contributed by atoms with Gasteiger partial charge in [-0.25, -0.2) is 9.37 Å². The summed E-state index contributed by atoms with van der Waals surface area (Å²) in [6, 6.07) is 0.893. The van der Waals surface area contributed by atoms with Gasteiger partial charge in [0.05, 0.1) is 10.0 Å². The van der Waals surface area contributed by atoms with Crippen LogP contribution >= 0.6 is 27.5 Å². The average Bonchev–Trinajstić information content (AvgIpc) is 2.61. The minimum Gasteiger partial charge on any atom is -0.414 e. The van der Waals surface area contributed by atoms with Crippen molar-refractivity contribution >= 4 is 52.6 Å². The smallest absolute Gasteiger partial charge is 0.414 e. The van der Waals surface area contributed by atoms with Crippen LogP contribution < -0.4 is 4.90 Å². The molecule has 178 valence electrons. The van der Waals surface area contributed by atoms with Crippen molar-refractivity contribution in [1.29, 1.82) is 0 Å². The van der Waals surface area contributed by atoms with Gasteiger partial charge in [-0.15, -0.1) is 0 Å². The second-order valence-electron chi connectivity index (χ2n) is 9.67. The Bertz CT molecular complexity index is 1020. The van der Waals surface area contributed by atoms with Crippen LogP contribution in [0.4, 0.5) is 23.4 Å². The first-order valence-electron chi connectivity index (χ1n) is 10.4. The molecular weight excluding hydrogens is 530 g/mol. The first kappa shape index (κ1) is 25.6. The zero-order chi connectivity index (χ0) is 24.2. The molecule has 0 N–H and O–H groups in total. The van der Waals surface area contributed by atoms with Gasteiger partial charge in [0, 0.05) is 24.1 Å². The first-order valence-corrected chi connectivity index (χ1v) is 14.5. The number of fused-ring (bicyclic) bond motifs is 1. The van der Waals surface area contributed by atoms with Gasteiger partial charge in [0.2, 0.25) is 5.28 Å². The predicted octanol–water partition coefficient (Wildman–Crippen LogP) is 7.58. The van der Waals surface area contributed by atoms with Crippen LogP contribution in [0.5, 0.6) is 0 Å². The molecule has 1 aliphatic carbocycles. The van der Waals surface area contributed by atoms with Crippen LogP contribution in [0.2, 0.25) is 23.4 Å². The largest absolute Gasteiger partial charge is 0.417 e. The molecule has 1 saturated carbocycles. The fourth-order valence-electron chi connectivity index (χ4n) is 3.65. The Balaban J connectivity index is 1.97. The lowest BCUT2D eigenvalue weighted by molar-refractivity contribution is -0.138. The van der Waals surface area contributed by atoms with Crippen LogP contribution in [0, 0.1) is 5.82 Å². The van der Waals surface area contributed by atoms with Crippen molar-refractivity contribution in [1.82, 2.24) is 9.97 Å². The van der Waals surface area contributed by atoms with Crippen molar-refractivity contribution in [2.24, 2.45) is 0 Å². The second-order valence-corrected chi connectivity index (χ2v) is 15.6. The SMILES string of the molecule is CCN(c1nc(Cl)nc2c(F)c(Br)c(C(F)(F)F)cc12)C1CC(O[Si](C)(C)C(C)(C)C)C1. The van der Waals surface area contributed by atoms with Gasteiger partial charge in [0.15, 0.2) is 14.1 Å². The Kier molecular flexibility index (Phi) is 6.95. The van der Waals surface area contributed by atoms with E-state index >= 15 is 0 Å². The molecule has 1 fully saturated rings. The summed E-state index contributed by atoms with van der Waals surface area (Å²) < 4.78 is 61.1. The summed E-state index contributed by atoms with van der Waals surface area (Å²) in [6.07, 6.45) is -3.22. The highest BCUT2D eigenvalue weighted by molar-refractivity contribution is 9.10. The van der Waals surface area contributed by atoms with E-state index in [1.165, 1.54) is 0 Å². The van der Waals surface area contributed by atoms with E-state index in [4.69, 9.17) is 16.0 Å². The lowest BCUT2D eigenvalue weighted by Crippen LogP contribution is -2.53. The third-order valence-electron chi connectivity index (χ3n) is 6.52. The van der Waals surface area contributed by atoms with Crippen molar-refractivity contribution in [3.63, 3.8) is 0 Å². The maximum atomic E-state index is 14.8. The highest BCUT2D eigenvalue weighted by Gasteiger charge is 2.44. The average molecular weight is 557 g/mol. The van der Waals surface area contributed by atoms with Gasteiger partial charge < -0.3 is 9.33 Å². The number of halogens is 6. The molecule has 0 saturated heterocycles. The molecule has 0 aliphatic heterocycles. The Morgan fingerprint density at radius 3 is 2.31 bits per heavy atom. The van der Waals surface area contributed by atoms with E-state index in [2.05, 4.69) is 59.8 Å². The normalized spacial score (nSPS) is 19.9. The monoisotopic (exact) mass is 555 g/mol. The minimum absolute atomic E-state index is 0.00461. The van der Waals surface area contributed by atoms with Crippen molar-refractivity contribution in [3.05, 3.63) is 27.2 Å². The molecule has 1 aromatic heterocycles. The van der Waals surface area contributed by atoms with Gasteiger partial charge in [0.25, 0.3) is 0 Å². The molecule has 0 spiro atoms. The lowest BCUT2D eigenvalue weighted by Gasteiger charge is -2.48. The molecular formula is C21H27BrClF4N3OSi. The molecule has 1 aliphatic rings. The number of hydrogen-bond donors (Lipinski definition) is 0. The van der Waals surface area contributed by atoms with Crippen LogP contribution in [0.1, 0.15) is 46.1 Å². The van der Waals surface area contributed by atoms with Gasteiger partial charge in [-0.1, -0.05) is 20.8 Å². The van der Waals surface area contributed by atoms with Crippen molar-refractivity contribution in [2.45, 2.75) is 77.0 Å². The molecule has 1 heterocycles. The number of rotatable bonds is 5. The maximum Gasteiger partial charge on any atom is 0.417 e. The summed E-state index contributed by atoms with van der Waals surface area (Å²) in [5, 5.41) is -0.152. The highest BCUT2D eigenvalue weighted by atomic mass is 79.9. The van der Waals surface area contributed by atoms with Crippen LogP contribution in [0.25, 0.3) is 10.9 Å². The van der Waals surface area contributed by atoms with Crippen LogP contribution in [-0.2, 0) is 10.6 Å². The number of aromatic nitrogens is 2. The number of hydrogen-bond acceptors (Lipinski definition) is 4. The Morgan fingerprint density at radius 1 is 1.22 bits per heavy atom. The standard InChI is InChI=1S/C21H27BrClF4N3OSi/c1-7-30(11-8-12(9-11)31-32(5,6)20(2,3)4)18-13-10-14(21(25,26)27)15(22)16(24)17(13)28-19(23)29-18/h10-12H,7-9H2,1-6H3. The van der Waals surface area contributed by atoms with E-state index in [1.807, 2.05) is 11.8 Å². The molecule has 0 atom stereocenters. The fourth-order valence-corrected chi connectivity index (χ4v) is 5.72. The highest BCUT2D eigenvalue weighted by Crippen LogP contribution is 2.44. The lowest BCUT2D eigenvalue weighted by atomic mass is 9.88. The molecule has 0 bridgehead atoms. The van der Waals surface area contributed by atoms with E-state index in [-0.39, 0.29) is 39.2 Å². The van der Waals surface area contributed by atoms with Crippen molar-refractivity contribution < 1.29 is 22.0 Å². The number of benzene rings is 1. The number of alkyl halides is 3. The van der Waals surface area contributed by atoms with Crippen molar-refractivity contribution in [3.8, 4) is 0 Å². The van der Waals surface area contributed by atoms with Gasteiger partial charge in [-0.3, -0.25) is 0 Å². The van der Waals surface area contributed by atoms with E-state index in [1.54, 1.807) is 0 Å². The second kappa shape index (κ2) is 8.67. The van der Waals surface area contributed by atoms with E-state index in [9.17, 15) is 17.6 Å². The van der Waals surface area contributed by atoms with E-state index in [0.717, 1.165) is 6.07 Å². The van der Waals surface area contributed by atoms with Gasteiger partial charge in [-0.05, 0) is 71.5 Å². The zero-order valence-electron chi connectivity index (χ0n) is 18.9. The van der Waals surface area contributed by atoms with Crippen LogP contribution in [-0.4, -0.2) is 37.0 Å². The first-order chi connectivity index (χ1) is 14.6. The predicted molar refractivity (Wildman–Crippen MR) is 125 cm³/mol. The third kappa shape index (κ3) is 4.79. The summed E-state index contributed by atoms with van der Waals surface area (Å²) in [5.41, 5.74) is -1.36. The summed E-state index contributed by atoms with van der Waals surface area (Å²) in [4.78, 5) is 9.94. The number of nitrogens with zero attached hydrogens (tertiary/aromatic N) is 3. The van der Waals surface area contributed by atoms with Crippen LogP contribution in [0.3, 0.4) is 0 Å². The minimum atomic E-state index is -4.74. The van der Waals surface area contributed by atoms with Gasteiger partial charge in [0.1, 0.15) is 11.3 Å². The summed E-state index contributed by atoms with van der Waals surface area (Å²) in [6.45, 7) is 13.3. The molecule has 0 unspecified atom stereocenters. The van der Waals surface area contributed by atoms with Crippen molar-refractivity contribution in [2.75, 3.05) is 11.4 Å². The molecule has 0 radical (unpaired) electrons. The fraction of sp³-hybridized carbons (Fsp3) is 0.619. The topological polar surface area (TPSA) is 38.2 Å². The summed E-state index contributed by atoms with van der Waals surface area (Å²) in [5.74, 6) is -0.903. The molecule has 32 heavy (non-hydrogen) atoms. The maximum absolute atomic E-state index is 14.8. The quantitative estimate of drug-likeness (QED) is 0.216. The van der Waals surface area contributed by atoms with E-state index in [0.29, 0.717) is 19.4 Å². The van der Waals surface area contributed by atoms with Gasteiger partial charge >= 0.3 is 6.18 Å². The summed E-state index contributed by atoms with van der Waals surface area (Å²) in [7, 11) is -1.93. The molecule has 0 amide bonds. The molecule has 11 heteroatoms. The Morgan fingerprint density at radius 2 is 1.81 bits per heavy atom. The molecule has 1 aromatic carbocycles. The zero-order valence-corrected chi connectivity index (χ0v) is 22.2. The Labute approximate surface area is 200 Å². The third-order valence-corrected chi connectivity index (χ3v) is 12.0. The van der Waals surface area contributed by atoms with E-state index < -0.39 is 30.3 Å². The molecule has 2 aromatic rings. The molecule has 3 rings (SSSR count). The summed E-state index contributed by atoms with van der Waals surface area (Å²) >= 11 is 8.76. The van der Waals surface area contributed by atoms with Crippen LogP contribution in [0.15, 0.2) is 10.5 Å².